The Morgan fingerprint density at radius 3 is 1.96 bits per heavy atom. The summed E-state index contributed by atoms with van der Waals surface area (Å²) >= 11 is 0. The molecule has 3 N–H and O–H groups in total. The number of likely N-dealkylation sites (N-methyl/N-ethyl adjacent to an activating group) is 1. The summed E-state index contributed by atoms with van der Waals surface area (Å²) in [6.45, 7) is 0.976. The molecule has 2 aromatic rings. The standard InChI is InChI=1S/C18H19N3O5S/c1-12(22)13-5-9-16(10-6-13)27(25,26)21(2)11-17(23)20-15-7-3-14(4-8-15)18(19)24/h3-10H,11H2,1-2H3,(H2,19,24)(H,20,23). The molecule has 0 saturated heterocycles. The first-order chi connectivity index (χ1) is 12.6. The number of nitrogens with zero attached hydrogens (tertiary/aromatic N) is 1. The third-order valence-electron chi connectivity index (χ3n) is 3.79. The van der Waals surface area contributed by atoms with E-state index in [0.29, 0.717) is 16.8 Å². The van der Waals surface area contributed by atoms with Crippen LogP contribution in [0.4, 0.5) is 5.69 Å². The first-order valence-corrected chi connectivity index (χ1v) is 9.32. The normalized spacial score (nSPS) is 11.2. The number of nitrogens with one attached hydrogen (secondary N) is 1. The zero-order chi connectivity index (χ0) is 20.2. The second kappa shape index (κ2) is 8.11. The molecule has 2 aromatic carbocycles. The molecule has 0 saturated carbocycles. The minimum absolute atomic E-state index is 0.0198. The Bertz CT molecular complexity index is 967. The van der Waals surface area contributed by atoms with Gasteiger partial charge in [0.1, 0.15) is 0 Å². The zero-order valence-electron chi connectivity index (χ0n) is 14.8. The van der Waals surface area contributed by atoms with E-state index in [4.69, 9.17) is 5.73 Å². The summed E-state index contributed by atoms with van der Waals surface area (Å²) in [7, 11) is -2.60. The molecule has 8 nitrogen and oxygen atoms in total. The van der Waals surface area contributed by atoms with Gasteiger partial charge in [0.25, 0.3) is 0 Å². The highest BCUT2D eigenvalue weighted by Crippen LogP contribution is 2.16. The Balaban J connectivity index is 2.05. The summed E-state index contributed by atoms with van der Waals surface area (Å²) in [4.78, 5) is 34.4. The average Bonchev–Trinajstić information content (AvgIpc) is 2.62. The van der Waals surface area contributed by atoms with Crippen molar-refractivity contribution in [3.05, 3.63) is 59.7 Å². The number of benzene rings is 2. The minimum Gasteiger partial charge on any atom is -0.366 e. The molecule has 0 unspecified atom stereocenters. The number of anilines is 1. The van der Waals surface area contributed by atoms with Crippen LogP contribution in [-0.2, 0) is 14.8 Å². The zero-order valence-corrected chi connectivity index (χ0v) is 15.6. The molecule has 142 valence electrons. The molecule has 0 aromatic heterocycles. The van der Waals surface area contributed by atoms with Crippen molar-refractivity contribution in [3.63, 3.8) is 0 Å². The first-order valence-electron chi connectivity index (χ1n) is 7.88. The quantitative estimate of drug-likeness (QED) is 0.689. The van der Waals surface area contributed by atoms with Gasteiger partial charge in [-0.1, -0.05) is 12.1 Å². The summed E-state index contributed by atoms with van der Waals surface area (Å²) < 4.78 is 26.0. The number of Topliss-reactive ketones (excluding diaryl/α,β-unsaturated/α-hetero) is 1. The largest absolute Gasteiger partial charge is 0.366 e. The molecule has 0 spiro atoms. The van der Waals surface area contributed by atoms with Crippen molar-refractivity contribution < 1.29 is 22.8 Å². The molecule has 0 aliphatic rings. The molecule has 0 atom stereocenters. The van der Waals surface area contributed by atoms with Crippen molar-refractivity contribution >= 4 is 33.3 Å². The van der Waals surface area contributed by atoms with E-state index in [1.807, 2.05) is 0 Å². The van der Waals surface area contributed by atoms with Crippen molar-refractivity contribution in [1.82, 2.24) is 4.31 Å². The number of hydrogen-bond acceptors (Lipinski definition) is 5. The maximum atomic E-state index is 12.5. The molecule has 0 aliphatic carbocycles. The lowest BCUT2D eigenvalue weighted by molar-refractivity contribution is -0.116. The summed E-state index contributed by atoms with van der Waals surface area (Å²) in [5, 5.41) is 2.54. The van der Waals surface area contributed by atoms with Crippen LogP contribution in [-0.4, -0.2) is 43.9 Å². The third-order valence-corrected chi connectivity index (χ3v) is 5.61. The van der Waals surface area contributed by atoms with E-state index in [0.717, 1.165) is 4.31 Å². The maximum absolute atomic E-state index is 12.5. The van der Waals surface area contributed by atoms with E-state index in [1.54, 1.807) is 0 Å². The van der Waals surface area contributed by atoms with Gasteiger partial charge in [0.15, 0.2) is 5.78 Å². The van der Waals surface area contributed by atoms with Crippen LogP contribution in [0.1, 0.15) is 27.6 Å². The molecule has 0 fully saturated rings. The van der Waals surface area contributed by atoms with Gasteiger partial charge in [-0.25, -0.2) is 8.42 Å². The monoisotopic (exact) mass is 389 g/mol. The number of hydrogen-bond donors (Lipinski definition) is 2. The second-order valence-electron chi connectivity index (χ2n) is 5.83. The van der Waals surface area contributed by atoms with E-state index >= 15 is 0 Å². The van der Waals surface area contributed by atoms with Gasteiger partial charge in [0, 0.05) is 23.9 Å². The smallest absolute Gasteiger partial charge is 0.248 e. The molecule has 0 radical (unpaired) electrons. The van der Waals surface area contributed by atoms with Crippen molar-refractivity contribution in [2.45, 2.75) is 11.8 Å². The predicted molar refractivity (Wildman–Crippen MR) is 99.9 cm³/mol. The predicted octanol–water partition coefficient (Wildman–Crippen LogP) is 1.25. The number of rotatable bonds is 7. The first kappa shape index (κ1) is 20.3. The van der Waals surface area contributed by atoms with Gasteiger partial charge in [0.05, 0.1) is 11.4 Å². The minimum atomic E-state index is -3.89. The summed E-state index contributed by atoms with van der Waals surface area (Å²) in [6.07, 6.45) is 0. The molecule has 27 heavy (non-hydrogen) atoms. The van der Waals surface area contributed by atoms with Crippen LogP contribution in [0.2, 0.25) is 0 Å². The maximum Gasteiger partial charge on any atom is 0.248 e. The van der Waals surface area contributed by atoms with E-state index in [-0.39, 0.29) is 10.7 Å². The van der Waals surface area contributed by atoms with Crippen molar-refractivity contribution in [1.29, 1.82) is 0 Å². The Morgan fingerprint density at radius 1 is 0.963 bits per heavy atom. The molecule has 2 rings (SSSR count). The summed E-state index contributed by atoms with van der Waals surface area (Å²) in [5.74, 6) is -1.31. The fourth-order valence-electron chi connectivity index (χ4n) is 2.25. The Hall–Kier alpha value is -3.04. The van der Waals surface area contributed by atoms with Crippen LogP contribution in [0.25, 0.3) is 0 Å². The number of primary amides is 1. The van der Waals surface area contributed by atoms with Gasteiger partial charge in [-0.15, -0.1) is 0 Å². The number of carbonyl (C=O) groups is 3. The van der Waals surface area contributed by atoms with Gasteiger partial charge < -0.3 is 11.1 Å². The van der Waals surface area contributed by atoms with Crippen molar-refractivity contribution in [2.75, 3.05) is 18.9 Å². The second-order valence-corrected chi connectivity index (χ2v) is 7.88. The van der Waals surface area contributed by atoms with Crippen LogP contribution in [0.15, 0.2) is 53.4 Å². The van der Waals surface area contributed by atoms with Gasteiger partial charge in [-0.2, -0.15) is 4.31 Å². The molecule has 9 heteroatoms. The summed E-state index contributed by atoms with van der Waals surface area (Å²) in [5.41, 5.74) is 6.24. The van der Waals surface area contributed by atoms with E-state index in [2.05, 4.69) is 5.32 Å². The topological polar surface area (TPSA) is 127 Å². The van der Waals surface area contributed by atoms with Crippen LogP contribution in [0.5, 0.6) is 0 Å². The van der Waals surface area contributed by atoms with Crippen LogP contribution in [0.3, 0.4) is 0 Å². The van der Waals surface area contributed by atoms with E-state index < -0.39 is 28.4 Å². The van der Waals surface area contributed by atoms with Crippen LogP contribution in [0, 0.1) is 0 Å². The van der Waals surface area contributed by atoms with Crippen molar-refractivity contribution in [2.24, 2.45) is 5.73 Å². The highest BCUT2D eigenvalue weighted by atomic mass is 32.2. The summed E-state index contributed by atoms with van der Waals surface area (Å²) in [6, 6.07) is 11.4. The average molecular weight is 389 g/mol. The van der Waals surface area contributed by atoms with Crippen LogP contribution < -0.4 is 11.1 Å². The molecule has 0 aliphatic heterocycles. The molecule has 0 bridgehead atoms. The van der Waals surface area contributed by atoms with E-state index in [1.165, 1.54) is 62.5 Å². The van der Waals surface area contributed by atoms with E-state index in [9.17, 15) is 22.8 Å². The molecule has 2 amide bonds. The molecular formula is C18H19N3O5S. The lowest BCUT2D eigenvalue weighted by Crippen LogP contribution is -2.35. The number of nitrogens with two attached hydrogens (primary N) is 1. The highest BCUT2D eigenvalue weighted by molar-refractivity contribution is 7.89. The fourth-order valence-corrected chi connectivity index (χ4v) is 3.37. The number of carbonyl (C=O) groups excluding carboxylic acids is 3. The number of amides is 2. The Morgan fingerprint density at radius 2 is 1.48 bits per heavy atom. The van der Waals surface area contributed by atoms with Gasteiger partial charge >= 0.3 is 0 Å². The fraction of sp³-hybridized carbons (Fsp3) is 0.167. The Kier molecular flexibility index (Phi) is 6.09. The van der Waals surface area contributed by atoms with Crippen molar-refractivity contribution in [3.8, 4) is 0 Å². The van der Waals surface area contributed by atoms with Crippen LogP contribution >= 0.6 is 0 Å². The number of ketones is 1. The molecule has 0 heterocycles. The lowest BCUT2D eigenvalue weighted by Gasteiger charge is -2.17. The van der Waals surface area contributed by atoms with Gasteiger partial charge in [-0.05, 0) is 43.3 Å². The molecular weight excluding hydrogens is 370 g/mol. The Labute approximate surface area is 157 Å². The number of sulfonamides is 1. The highest BCUT2D eigenvalue weighted by Gasteiger charge is 2.23. The third kappa shape index (κ3) is 4.99. The van der Waals surface area contributed by atoms with Gasteiger partial charge in [-0.3, -0.25) is 14.4 Å². The van der Waals surface area contributed by atoms with Gasteiger partial charge in [0.2, 0.25) is 21.8 Å². The SMILES string of the molecule is CC(=O)c1ccc(S(=O)(=O)N(C)CC(=O)Nc2ccc(C(N)=O)cc2)cc1. The lowest BCUT2D eigenvalue weighted by atomic mass is 10.2.